The number of carbonyl (C=O) groups excluding carboxylic acids is 1. The van der Waals surface area contributed by atoms with E-state index in [1.165, 1.54) is 0 Å². The van der Waals surface area contributed by atoms with E-state index in [0.717, 1.165) is 25.9 Å². The maximum Gasteiger partial charge on any atom is 0.234 e. The van der Waals surface area contributed by atoms with E-state index < -0.39 is 0 Å². The van der Waals surface area contributed by atoms with Crippen LogP contribution in [0.2, 0.25) is 0 Å². The van der Waals surface area contributed by atoms with Crippen LogP contribution < -0.4 is 10.6 Å². The summed E-state index contributed by atoms with van der Waals surface area (Å²) in [5, 5.41) is 6.00. The van der Waals surface area contributed by atoms with Crippen LogP contribution in [0.1, 0.15) is 19.8 Å². The van der Waals surface area contributed by atoms with Crippen molar-refractivity contribution in [3.8, 4) is 0 Å². The Morgan fingerprint density at radius 2 is 2.31 bits per heavy atom. The molecule has 2 N–H and O–H groups in total. The average molecular weight is 220 g/mol. The van der Waals surface area contributed by atoms with Crippen molar-refractivity contribution in [2.75, 3.05) is 18.4 Å². The highest BCUT2D eigenvalue weighted by Crippen LogP contribution is 2.30. The van der Waals surface area contributed by atoms with Gasteiger partial charge >= 0.3 is 0 Å². The van der Waals surface area contributed by atoms with Crippen LogP contribution in [-0.2, 0) is 4.79 Å². The third-order valence-corrected chi connectivity index (χ3v) is 3.19. The number of nitrogens with zero attached hydrogens (tertiary/aromatic N) is 2. The van der Waals surface area contributed by atoms with Gasteiger partial charge in [0.1, 0.15) is 0 Å². The van der Waals surface area contributed by atoms with Crippen LogP contribution >= 0.6 is 0 Å². The summed E-state index contributed by atoms with van der Waals surface area (Å²) in [7, 11) is 0. The molecule has 5 nitrogen and oxygen atoms in total. The molecule has 1 unspecified atom stereocenters. The van der Waals surface area contributed by atoms with Gasteiger partial charge in [0.15, 0.2) is 0 Å². The van der Waals surface area contributed by atoms with Crippen LogP contribution in [-0.4, -0.2) is 29.0 Å². The Morgan fingerprint density at radius 3 is 2.88 bits per heavy atom. The molecule has 0 radical (unpaired) electrons. The zero-order valence-corrected chi connectivity index (χ0v) is 9.36. The molecule has 0 aromatic carbocycles. The summed E-state index contributed by atoms with van der Waals surface area (Å²) in [5.74, 6) is 0.401. The summed E-state index contributed by atoms with van der Waals surface area (Å²) in [5.41, 5.74) is -0.292. The molecule has 16 heavy (non-hydrogen) atoms. The molecule has 5 heteroatoms. The number of aromatic nitrogens is 2. The second-order valence-corrected chi connectivity index (χ2v) is 4.09. The van der Waals surface area contributed by atoms with Crippen molar-refractivity contribution in [3.63, 3.8) is 0 Å². The molecule has 1 fully saturated rings. The van der Waals surface area contributed by atoms with Crippen molar-refractivity contribution in [1.29, 1.82) is 0 Å². The molecule has 2 heterocycles. The van der Waals surface area contributed by atoms with E-state index in [1.807, 2.05) is 6.92 Å². The molecule has 1 aromatic rings. The number of nitrogens with one attached hydrogen (secondary N) is 2. The second-order valence-electron chi connectivity index (χ2n) is 4.09. The van der Waals surface area contributed by atoms with Crippen molar-refractivity contribution in [3.05, 3.63) is 18.5 Å². The first-order chi connectivity index (χ1) is 7.77. The molecule has 0 bridgehead atoms. The fourth-order valence-corrected chi connectivity index (χ4v) is 2.00. The van der Waals surface area contributed by atoms with E-state index in [2.05, 4.69) is 20.6 Å². The summed E-state index contributed by atoms with van der Waals surface area (Å²) in [6.07, 6.45) is 4.95. The number of hydrogen-bond donors (Lipinski definition) is 2. The fraction of sp³-hybridized carbons (Fsp3) is 0.545. The third-order valence-electron chi connectivity index (χ3n) is 3.19. The summed E-state index contributed by atoms with van der Waals surface area (Å²) in [4.78, 5) is 20.1. The van der Waals surface area contributed by atoms with Gasteiger partial charge in [0.25, 0.3) is 0 Å². The average Bonchev–Trinajstić information content (AvgIpc) is 2.80. The lowest BCUT2D eigenvalue weighted by atomic mass is 9.83. The first-order valence-electron chi connectivity index (χ1n) is 5.56. The van der Waals surface area contributed by atoms with Gasteiger partial charge in [-0.15, -0.1) is 0 Å². The molecule has 1 aromatic heterocycles. The molecule has 1 aliphatic rings. The van der Waals surface area contributed by atoms with Crippen molar-refractivity contribution >= 4 is 11.9 Å². The number of anilines is 1. The maximum absolute atomic E-state index is 12.1. The molecule has 1 amide bonds. The number of carbonyl (C=O) groups is 1. The van der Waals surface area contributed by atoms with Crippen molar-refractivity contribution in [2.45, 2.75) is 19.8 Å². The van der Waals surface area contributed by atoms with Crippen LogP contribution in [0.4, 0.5) is 5.95 Å². The minimum atomic E-state index is -0.292. The Hall–Kier alpha value is -1.49. The van der Waals surface area contributed by atoms with Crippen LogP contribution in [0, 0.1) is 5.41 Å². The third kappa shape index (κ3) is 2.04. The molecular formula is C11H16N4O. The lowest BCUT2D eigenvalue weighted by molar-refractivity contribution is -0.124. The first-order valence-corrected chi connectivity index (χ1v) is 5.56. The lowest BCUT2D eigenvalue weighted by Crippen LogP contribution is -2.38. The molecule has 86 valence electrons. The van der Waals surface area contributed by atoms with E-state index >= 15 is 0 Å². The predicted molar refractivity (Wildman–Crippen MR) is 60.9 cm³/mol. The van der Waals surface area contributed by atoms with Gasteiger partial charge < -0.3 is 5.32 Å². The van der Waals surface area contributed by atoms with Crippen LogP contribution in [0.5, 0.6) is 0 Å². The van der Waals surface area contributed by atoms with Gasteiger partial charge in [-0.2, -0.15) is 0 Å². The molecule has 1 aliphatic heterocycles. The Morgan fingerprint density at radius 1 is 1.56 bits per heavy atom. The van der Waals surface area contributed by atoms with E-state index in [1.54, 1.807) is 18.5 Å². The molecule has 0 saturated carbocycles. The summed E-state index contributed by atoms with van der Waals surface area (Å²) >= 11 is 0. The number of hydrogen-bond acceptors (Lipinski definition) is 4. The largest absolute Gasteiger partial charge is 0.316 e. The molecule has 2 rings (SSSR count). The summed E-state index contributed by atoms with van der Waals surface area (Å²) < 4.78 is 0. The van der Waals surface area contributed by atoms with E-state index in [-0.39, 0.29) is 11.3 Å². The fourth-order valence-electron chi connectivity index (χ4n) is 2.00. The van der Waals surface area contributed by atoms with Crippen molar-refractivity contribution in [2.24, 2.45) is 5.41 Å². The van der Waals surface area contributed by atoms with Gasteiger partial charge in [0, 0.05) is 18.9 Å². The predicted octanol–water partition coefficient (Wildman–Crippen LogP) is 0.805. The molecule has 0 spiro atoms. The Labute approximate surface area is 94.7 Å². The highest BCUT2D eigenvalue weighted by Gasteiger charge is 2.39. The maximum atomic E-state index is 12.1. The minimum absolute atomic E-state index is 0.0196. The Kier molecular flexibility index (Phi) is 3.14. The lowest BCUT2D eigenvalue weighted by Gasteiger charge is -2.24. The molecule has 1 saturated heterocycles. The van der Waals surface area contributed by atoms with Crippen molar-refractivity contribution in [1.82, 2.24) is 15.3 Å². The monoisotopic (exact) mass is 220 g/mol. The van der Waals surface area contributed by atoms with Gasteiger partial charge in [-0.05, 0) is 25.5 Å². The highest BCUT2D eigenvalue weighted by molar-refractivity contribution is 5.94. The standard InChI is InChI=1S/C11H16N4O/c1-2-11(4-7-12-8-11)9(16)15-10-13-5-3-6-14-10/h3,5-6,12H,2,4,7-8H2,1H3,(H,13,14,15,16). The quantitative estimate of drug-likeness (QED) is 0.791. The van der Waals surface area contributed by atoms with E-state index in [0.29, 0.717) is 5.95 Å². The second kappa shape index (κ2) is 4.57. The van der Waals surface area contributed by atoms with Crippen LogP contribution in [0.25, 0.3) is 0 Å². The van der Waals surface area contributed by atoms with Gasteiger partial charge in [0.2, 0.25) is 11.9 Å². The van der Waals surface area contributed by atoms with E-state index in [9.17, 15) is 4.79 Å². The van der Waals surface area contributed by atoms with Gasteiger partial charge in [-0.25, -0.2) is 9.97 Å². The Bertz CT molecular complexity index is 360. The number of amides is 1. The van der Waals surface area contributed by atoms with Gasteiger partial charge in [-0.1, -0.05) is 6.92 Å². The van der Waals surface area contributed by atoms with Crippen molar-refractivity contribution < 1.29 is 4.79 Å². The van der Waals surface area contributed by atoms with E-state index in [4.69, 9.17) is 0 Å². The highest BCUT2D eigenvalue weighted by atomic mass is 16.2. The molecule has 1 atom stereocenters. The zero-order valence-electron chi connectivity index (χ0n) is 9.36. The SMILES string of the molecule is CCC1(C(=O)Nc2ncccn2)CCNC1. The summed E-state index contributed by atoms with van der Waals surface area (Å²) in [6.45, 7) is 3.68. The normalized spacial score (nSPS) is 24.3. The zero-order chi connectivity index (χ0) is 11.4. The van der Waals surface area contributed by atoms with Gasteiger partial charge in [-0.3, -0.25) is 10.1 Å². The Balaban J connectivity index is 2.07. The first kappa shape index (κ1) is 11.0. The minimum Gasteiger partial charge on any atom is -0.316 e. The summed E-state index contributed by atoms with van der Waals surface area (Å²) in [6, 6.07) is 1.72. The smallest absolute Gasteiger partial charge is 0.234 e. The van der Waals surface area contributed by atoms with Crippen LogP contribution in [0.15, 0.2) is 18.5 Å². The van der Waals surface area contributed by atoms with Crippen LogP contribution in [0.3, 0.4) is 0 Å². The topological polar surface area (TPSA) is 66.9 Å². The molecular weight excluding hydrogens is 204 g/mol. The number of rotatable bonds is 3. The molecule has 0 aliphatic carbocycles. The van der Waals surface area contributed by atoms with Gasteiger partial charge in [0.05, 0.1) is 5.41 Å².